The van der Waals surface area contributed by atoms with Gasteiger partial charge in [-0.25, -0.2) is 13.2 Å². The van der Waals surface area contributed by atoms with Gasteiger partial charge in [0.15, 0.2) is 0 Å². The highest BCUT2D eigenvalue weighted by Gasteiger charge is 2.43. The highest BCUT2D eigenvalue weighted by molar-refractivity contribution is 7.91. The van der Waals surface area contributed by atoms with E-state index in [-0.39, 0.29) is 29.1 Å². The Morgan fingerprint density at radius 2 is 1.97 bits per heavy atom. The van der Waals surface area contributed by atoms with Crippen LogP contribution in [-0.2, 0) is 20.8 Å². The van der Waals surface area contributed by atoms with Crippen LogP contribution < -0.4 is 10.6 Å². The molecule has 4 atom stereocenters. The lowest BCUT2D eigenvalue weighted by Crippen LogP contribution is -2.52. The largest absolute Gasteiger partial charge is 0.465 e. The summed E-state index contributed by atoms with van der Waals surface area (Å²) >= 11 is 0. The zero-order valence-corrected chi connectivity index (χ0v) is 19.0. The zero-order valence-electron chi connectivity index (χ0n) is 18.1. The van der Waals surface area contributed by atoms with Crippen molar-refractivity contribution in [2.24, 2.45) is 5.92 Å². The summed E-state index contributed by atoms with van der Waals surface area (Å²) < 4.78 is 63.6. The van der Waals surface area contributed by atoms with Crippen molar-refractivity contribution >= 4 is 27.5 Å². The predicted octanol–water partition coefficient (Wildman–Crippen LogP) is 2.96. The fourth-order valence-electron chi connectivity index (χ4n) is 4.74. The standard InChI is InChI=1S/C21H28F3N3O5S/c1-2-33(31,32)12-13-10-16(26-20(29)30)6-7-18(13)27-9-8-17(19(27)28)25-15-5-3-4-14(11-15)21(22,23)24/h3-5,11,13,16-18,25-26H,2,6-10,12H2,1H3,(H,29,30)/t13?,16?,17-,18?/m0/s1. The summed E-state index contributed by atoms with van der Waals surface area (Å²) in [5.74, 6) is -0.930. The maximum absolute atomic E-state index is 13.1. The first kappa shape index (κ1) is 25.1. The van der Waals surface area contributed by atoms with E-state index in [1.165, 1.54) is 19.1 Å². The van der Waals surface area contributed by atoms with Crippen molar-refractivity contribution in [3.05, 3.63) is 29.8 Å². The minimum Gasteiger partial charge on any atom is -0.465 e. The molecule has 8 nitrogen and oxygen atoms in total. The predicted molar refractivity (Wildman–Crippen MR) is 116 cm³/mol. The van der Waals surface area contributed by atoms with Crippen molar-refractivity contribution in [1.82, 2.24) is 10.2 Å². The normalized spacial score (nSPS) is 26.3. The van der Waals surface area contributed by atoms with Crippen LogP contribution in [0.3, 0.4) is 0 Å². The molecule has 33 heavy (non-hydrogen) atoms. The molecule has 184 valence electrons. The second kappa shape index (κ2) is 9.78. The van der Waals surface area contributed by atoms with Gasteiger partial charge in [-0.2, -0.15) is 13.2 Å². The van der Waals surface area contributed by atoms with Crippen molar-refractivity contribution in [1.29, 1.82) is 0 Å². The molecule has 12 heteroatoms. The van der Waals surface area contributed by atoms with Crippen LogP contribution in [0.2, 0.25) is 0 Å². The van der Waals surface area contributed by atoms with Crippen molar-refractivity contribution < 1.29 is 36.3 Å². The number of halogens is 3. The van der Waals surface area contributed by atoms with Gasteiger partial charge >= 0.3 is 12.3 Å². The molecule has 2 aliphatic rings. The van der Waals surface area contributed by atoms with Crippen LogP contribution in [0.5, 0.6) is 0 Å². The molecule has 2 amide bonds. The summed E-state index contributed by atoms with van der Waals surface area (Å²) in [7, 11) is -3.37. The van der Waals surface area contributed by atoms with Crippen molar-refractivity contribution in [2.75, 3.05) is 23.4 Å². The number of benzene rings is 1. The molecule has 3 unspecified atom stereocenters. The maximum atomic E-state index is 13.1. The van der Waals surface area contributed by atoms with Gasteiger partial charge in [0.05, 0.1) is 11.3 Å². The van der Waals surface area contributed by atoms with Gasteiger partial charge in [0.25, 0.3) is 0 Å². The molecular weight excluding hydrogens is 463 g/mol. The molecule has 1 saturated carbocycles. The van der Waals surface area contributed by atoms with Gasteiger partial charge in [-0.05, 0) is 49.8 Å². The van der Waals surface area contributed by atoms with Crippen LogP contribution in [0.1, 0.15) is 38.2 Å². The first-order valence-electron chi connectivity index (χ1n) is 10.8. The smallest absolute Gasteiger partial charge is 0.416 e. The SMILES string of the molecule is CCS(=O)(=O)CC1CC(NC(=O)O)CCC1N1CC[C@H](Nc2cccc(C(F)(F)F)c2)C1=O. The lowest BCUT2D eigenvalue weighted by atomic mass is 9.81. The van der Waals surface area contributed by atoms with E-state index in [1.807, 2.05) is 0 Å². The maximum Gasteiger partial charge on any atom is 0.416 e. The number of carbonyl (C=O) groups excluding carboxylic acids is 1. The number of amides is 2. The Hall–Kier alpha value is -2.50. The molecule has 3 N–H and O–H groups in total. The van der Waals surface area contributed by atoms with Gasteiger partial charge in [-0.15, -0.1) is 0 Å². The van der Waals surface area contributed by atoms with Crippen LogP contribution >= 0.6 is 0 Å². The molecule has 3 rings (SSSR count). The fourth-order valence-corrected chi connectivity index (χ4v) is 5.99. The third kappa shape index (κ3) is 6.30. The van der Waals surface area contributed by atoms with Crippen LogP contribution in [0.15, 0.2) is 24.3 Å². The molecule has 0 spiro atoms. The molecular formula is C21H28F3N3O5S. The average Bonchev–Trinajstić information content (AvgIpc) is 3.07. The monoisotopic (exact) mass is 491 g/mol. The number of carbonyl (C=O) groups is 2. The Kier molecular flexibility index (Phi) is 7.45. The summed E-state index contributed by atoms with van der Waals surface area (Å²) in [5.41, 5.74) is -0.631. The summed E-state index contributed by atoms with van der Waals surface area (Å²) in [6.45, 7) is 1.88. The van der Waals surface area contributed by atoms with Crippen LogP contribution in [0, 0.1) is 5.92 Å². The first-order chi connectivity index (χ1) is 15.4. The highest BCUT2D eigenvalue weighted by Crippen LogP contribution is 2.34. The van der Waals surface area contributed by atoms with Crippen LogP contribution in [-0.4, -0.2) is 66.6 Å². The Labute approximate surface area is 190 Å². The minimum absolute atomic E-state index is 0.0546. The van der Waals surface area contributed by atoms with Crippen LogP contribution in [0.25, 0.3) is 0 Å². The number of alkyl halides is 3. The molecule has 1 aromatic rings. The highest BCUT2D eigenvalue weighted by atomic mass is 32.2. The molecule has 1 heterocycles. The third-order valence-corrected chi connectivity index (χ3v) is 8.16. The summed E-state index contributed by atoms with van der Waals surface area (Å²) in [5, 5.41) is 14.3. The van der Waals surface area contributed by atoms with Gasteiger partial charge in [0.2, 0.25) is 5.91 Å². The van der Waals surface area contributed by atoms with Crippen LogP contribution in [0.4, 0.5) is 23.7 Å². The quantitative estimate of drug-likeness (QED) is 0.540. The average molecular weight is 492 g/mol. The van der Waals surface area contributed by atoms with Gasteiger partial charge in [0.1, 0.15) is 15.9 Å². The number of rotatable bonds is 7. The number of nitrogens with zero attached hydrogens (tertiary/aromatic N) is 1. The van der Waals surface area contributed by atoms with E-state index in [2.05, 4.69) is 10.6 Å². The lowest BCUT2D eigenvalue weighted by molar-refractivity contribution is -0.137. The Morgan fingerprint density at radius 1 is 1.24 bits per heavy atom. The zero-order chi connectivity index (χ0) is 24.4. The van der Waals surface area contributed by atoms with Gasteiger partial charge in [-0.3, -0.25) is 4.79 Å². The van der Waals surface area contributed by atoms with E-state index in [9.17, 15) is 31.2 Å². The van der Waals surface area contributed by atoms with Gasteiger partial charge < -0.3 is 20.6 Å². The van der Waals surface area contributed by atoms with Crippen molar-refractivity contribution in [3.8, 4) is 0 Å². The number of sulfone groups is 1. The number of nitrogens with one attached hydrogen (secondary N) is 2. The number of hydrogen-bond donors (Lipinski definition) is 3. The van der Waals surface area contributed by atoms with Gasteiger partial charge in [-0.1, -0.05) is 13.0 Å². The Morgan fingerprint density at radius 3 is 2.61 bits per heavy atom. The van der Waals surface area contributed by atoms with E-state index in [1.54, 1.807) is 4.90 Å². The molecule has 1 saturated heterocycles. The molecule has 0 radical (unpaired) electrons. The molecule has 1 aromatic carbocycles. The minimum atomic E-state index is -4.50. The lowest BCUT2D eigenvalue weighted by Gasteiger charge is -2.41. The van der Waals surface area contributed by atoms with E-state index in [0.29, 0.717) is 32.2 Å². The number of likely N-dealkylation sites (tertiary alicyclic amines) is 1. The van der Waals surface area contributed by atoms with E-state index in [0.717, 1.165) is 12.1 Å². The Balaban J connectivity index is 1.73. The van der Waals surface area contributed by atoms with E-state index in [4.69, 9.17) is 5.11 Å². The molecule has 0 aromatic heterocycles. The summed E-state index contributed by atoms with van der Waals surface area (Å²) in [6.07, 6.45) is -4.10. The van der Waals surface area contributed by atoms with Crippen molar-refractivity contribution in [2.45, 2.75) is 56.9 Å². The van der Waals surface area contributed by atoms with E-state index < -0.39 is 45.7 Å². The number of anilines is 1. The molecule has 1 aliphatic carbocycles. The fraction of sp³-hybridized carbons (Fsp3) is 0.619. The molecule has 2 fully saturated rings. The van der Waals surface area contributed by atoms with E-state index >= 15 is 0 Å². The number of carboxylic acid groups (broad SMARTS) is 1. The topological polar surface area (TPSA) is 116 Å². The molecule has 1 aliphatic heterocycles. The Bertz CT molecular complexity index is 986. The third-order valence-electron chi connectivity index (χ3n) is 6.35. The summed E-state index contributed by atoms with van der Waals surface area (Å²) in [4.78, 5) is 25.8. The molecule has 0 bridgehead atoms. The number of hydrogen-bond acceptors (Lipinski definition) is 5. The van der Waals surface area contributed by atoms with Gasteiger partial charge in [0, 0.05) is 30.1 Å². The first-order valence-corrected chi connectivity index (χ1v) is 12.7. The second-order valence-corrected chi connectivity index (χ2v) is 11.0. The van der Waals surface area contributed by atoms with Crippen molar-refractivity contribution in [3.63, 3.8) is 0 Å². The summed E-state index contributed by atoms with van der Waals surface area (Å²) in [6, 6.07) is 3.15. The second-order valence-electron chi connectivity index (χ2n) is 8.58.